The number of hydrogen-bond acceptors (Lipinski definition) is 4. The Morgan fingerprint density at radius 3 is 2.89 bits per heavy atom. The fourth-order valence-corrected chi connectivity index (χ4v) is 1.97. The fourth-order valence-electron chi connectivity index (χ4n) is 1.62. The second-order valence-electron chi connectivity index (χ2n) is 4.18. The lowest BCUT2D eigenvalue weighted by atomic mass is 10.4. The molecule has 2 aromatic rings. The number of rotatable bonds is 3. The average Bonchev–Trinajstić information content (AvgIpc) is 3.11. The first-order chi connectivity index (χ1) is 8.70. The van der Waals surface area contributed by atoms with E-state index in [9.17, 15) is 4.79 Å². The summed E-state index contributed by atoms with van der Waals surface area (Å²) in [5.74, 6) is 1.94. The van der Waals surface area contributed by atoms with Crippen molar-refractivity contribution in [3.63, 3.8) is 0 Å². The number of nitrogens with zero attached hydrogens (tertiary/aromatic N) is 2. The molecule has 3 rings (SSSR count). The molecule has 0 saturated heterocycles. The zero-order valence-electron chi connectivity index (χ0n) is 9.39. The first kappa shape index (κ1) is 11.4. The Hall–Kier alpha value is -1.69. The normalized spacial score (nSPS) is 14.5. The Morgan fingerprint density at radius 1 is 1.33 bits per heavy atom. The van der Waals surface area contributed by atoms with Gasteiger partial charge in [0.1, 0.15) is 11.6 Å². The number of halogens is 1. The van der Waals surface area contributed by atoms with Gasteiger partial charge in [-0.1, -0.05) is 0 Å². The molecule has 18 heavy (non-hydrogen) atoms. The Bertz CT molecular complexity index is 637. The second kappa shape index (κ2) is 4.53. The first-order valence-electron chi connectivity index (χ1n) is 5.60. The zero-order valence-corrected chi connectivity index (χ0v) is 11.0. The molecule has 0 amide bonds. The summed E-state index contributed by atoms with van der Waals surface area (Å²) < 4.78 is 6.35. The summed E-state index contributed by atoms with van der Waals surface area (Å²) in [4.78, 5) is 22.5. The van der Waals surface area contributed by atoms with E-state index in [1.54, 1.807) is 18.5 Å². The highest BCUT2D eigenvalue weighted by Gasteiger charge is 2.26. The lowest BCUT2D eigenvalue weighted by molar-refractivity contribution is 0.455. The summed E-state index contributed by atoms with van der Waals surface area (Å²) in [7, 11) is 0. The maximum atomic E-state index is 11.5. The SMILES string of the molecule is O=c1cc(Oc2cncc(Br)c2)nc(C2CC2)[nH]1. The van der Waals surface area contributed by atoms with Crippen LogP contribution in [0.3, 0.4) is 0 Å². The van der Waals surface area contributed by atoms with Crippen LogP contribution >= 0.6 is 15.9 Å². The Kier molecular flexibility index (Phi) is 2.87. The molecule has 1 aliphatic rings. The monoisotopic (exact) mass is 307 g/mol. The smallest absolute Gasteiger partial charge is 0.254 e. The van der Waals surface area contributed by atoms with Crippen molar-refractivity contribution in [1.82, 2.24) is 15.0 Å². The van der Waals surface area contributed by atoms with Crippen molar-refractivity contribution in [2.45, 2.75) is 18.8 Å². The number of ether oxygens (including phenoxy) is 1. The van der Waals surface area contributed by atoms with Crippen molar-refractivity contribution >= 4 is 15.9 Å². The van der Waals surface area contributed by atoms with Gasteiger partial charge in [0.2, 0.25) is 5.88 Å². The number of hydrogen-bond donors (Lipinski definition) is 1. The highest BCUT2D eigenvalue weighted by atomic mass is 79.9. The van der Waals surface area contributed by atoms with Crippen molar-refractivity contribution in [3.8, 4) is 11.6 Å². The number of pyridine rings is 1. The van der Waals surface area contributed by atoms with E-state index in [4.69, 9.17) is 4.74 Å². The van der Waals surface area contributed by atoms with Gasteiger partial charge in [-0.25, -0.2) is 0 Å². The average molecular weight is 308 g/mol. The number of aromatic amines is 1. The van der Waals surface area contributed by atoms with E-state index in [2.05, 4.69) is 30.9 Å². The zero-order chi connectivity index (χ0) is 12.5. The van der Waals surface area contributed by atoms with Crippen molar-refractivity contribution in [2.75, 3.05) is 0 Å². The van der Waals surface area contributed by atoms with E-state index in [0.717, 1.165) is 17.3 Å². The number of nitrogens with one attached hydrogen (secondary N) is 1. The van der Waals surface area contributed by atoms with Gasteiger partial charge in [-0.05, 0) is 34.8 Å². The van der Waals surface area contributed by atoms with Gasteiger partial charge in [-0.2, -0.15) is 4.98 Å². The van der Waals surface area contributed by atoms with Gasteiger partial charge in [0.15, 0.2) is 0 Å². The third kappa shape index (κ3) is 2.59. The molecule has 1 fully saturated rings. The lowest BCUT2D eigenvalue weighted by Gasteiger charge is -2.05. The van der Waals surface area contributed by atoms with Crippen LogP contribution in [0.4, 0.5) is 0 Å². The van der Waals surface area contributed by atoms with Crippen LogP contribution in [-0.4, -0.2) is 15.0 Å². The predicted molar refractivity (Wildman–Crippen MR) is 68.8 cm³/mol. The molecule has 0 aromatic carbocycles. The van der Waals surface area contributed by atoms with Crippen molar-refractivity contribution in [3.05, 3.63) is 45.2 Å². The van der Waals surface area contributed by atoms with Gasteiger partial charge >= 0.3 is 0 Å². The van der Waals surface area contributed by atoms with E-state index in [-0.39, 0.29) is 5.56 Å². The summed E-state index contributed by atoms with van der Waals surface area (Å²) in [6, 6.07) is 3.11. The largest absolute Gasteiger partial charge is 0.437 e. The molecule has 0 aliphatic heterocycles. The van der Waals surface area contributed by atoms with Crippen LogP contribution in [0.2, 0.25) is 0 Å². The molecule has 2 heterocycles. The van der Waals surface area contributed by atoms with Crippen LogP contribution in [0, 0.1) is 0 Å². The molecule has 5 nitrogen and oxygen atoms in total. The summed E-state index contributed by atoms with van der Waals surface area (Å²) >= 11 is 3.31. The van der Waals surface area contributed by atoms with Crippen LogP contribution in [-0.2, 0) is 0 Å². The van der Waals surface area contributed by atoms with Gasteiger partial charge in [0.25, 0.3) is 5.56 Å². The maximum Gasteiger partial charge on any atom is 0.254 e. The van der Waals surface area contributed by atoms with Gasteiger partial charge in [-0.3, -0.25) is 9.78 Å². The topological polar surface area (TPSA) is 67.9 Å². The summed E-state index contributed by atoms with van der Waals surface area (Å²) in [5, 5.41) is 0. The predicted octanol–water partition coefficient (Wildman–Crippen LogP) is 2.60. The third-order valence-corrected chi connectivity index (χ3v) is 3.04. The van der Waals surface area contributed by atoms with Gasteiger partial charge < -0.3 is 9.72 Å². The molecule has 0 unspecified atom stereocenters. The molecule has 1 saturated carbocycles. The fraction of sp³-hybridized carbons (Fsp3) is 0.250. The molecule has 0 atom stereocenters. The van der Waals surface area contributed by atoms with Gasteiger partial charge in [0.05, 0.1) is 12.3 Å². The van der Waals surface area contributed by atoms with E-state index >= 15 is 0 Å². The van der Waals surface area contributed by atoms with E-state index in [1.165, 1.54) is 6.07 Å². The van der Waals surface area contributed by atoms with Crippen LogP contribution in [0.1, 0.15) is 24.6 Å². The minimum absolute atomic E-state index is 0.190. The number of H-pyrrole nitrogens is 1. The van der Waals surface area contributed by atoms with Crippen molar-refractivity contribution < 1.29 is 4.74 Å². The van der Waals surface area contributed by atoms with E-state index in [0.29, 0.717) is 23.4 Å². The highest BCUT2D eigenvalue weighted by Crippen LogP contribution is 2.38. The van der Waals surface area contributed by atoms with Crippen LogP contribution in [0.5, 0.6) is 11.6 Å². The molecule has 0 bridgehead atoms. The van der Waals surface area contributed by atoms with Crippen molar-refractivity contribution in [2.24, 2.45) is 0 Å². The maximum absolute atomic E-state index is 11.5. The highest BCUT2D eigenvalue weighted by molar-refractivity contribution is 9.10. The summed E-state index contributed by atoms with van der Waals surface area (Å²) in [6.45, 7) is 0. The quantitative estimate of drug-likeness (QED) is 0.946. The van der Waals surface area contributed by atoms with Gasteiger partial charge in [0, 0.05) is 16.6 Å². The van der Waals surface area contributed by atoms with Crippen molar-refractivity contribution in [1.29, 1.82) is 0 Å². The minimum Gasteiger partial charge on any atom is -0.437 e. The second-order valence-corrected chi connectivity index (χ2v) is 5.10. The van der Waals surface area contributed by atoms with Crippen LogP contribution in [0.15, 0.2) is 33.8 Å². The summed E-state index contributed by atoms with van der Waals surface area (Å²) in [5.41, 5.74) is -0.190. The van der Waals surface area contributed by atoms with Crippen LogP contribution < -0.4 is 10.3 Å². The van der Waals surface area contributed by atoms with Crippen LogP contribution in [0.25, 0.3) is 0 Å². The number of aromatic nitrogens is 3. The summed E-state index contributed by atoms with van der Waals surface area (Å²) in [6.07, 6.45) is 5.38. The molecule has 2 aromatic heterocycles. The molecule has 1 N–H and O–H groups in total. The standard InChI is InChI=1S/C12H10BrN3O2/c13-8-3-9(6-14-5-8)18-11-4-10(17)15-12(16-11)7-1-2-7/h3-7H,1-2H2,(H,15,16,17). The molecule has 0 spiro atoms. The molecule has 0 radical (unpaired) electrons. The third-order valence-electron chi connectivity index (χ3n) is 2.60. The molecule has 1 aliphatic carbocycles. The van der Waals surface area contributed by atoms with E-state index in [1.807, 2.05) is 0 Å². The Balaban J connectivity index is 1.90. The Labute approximate surface area is 111 Å². The molecular weight excluding hydrogens is 298 g/mol. The molecule has 6 heteroatoms. The van der Waals surface area contributed by atoms with Gasteiger partial charge in [-0.15, -0.1) is 0 Å². The molecule has 92 valence electrons. The first-order valence-corrected chi connectivity index (χ1v) is 6.40. The van der Waals surface area contributed by atoms with E-state index < -0.39 is 0 Å². The minimum atomic E-state index is -0.190. The molecular formula is C12H10BrN3O2. The Morgan fingerprint density at radius 2 is 2.17 bits per heavy atom. The lowest BCUT2D eigenvalue weighted by Crippen LogP contribution is -2.10.